The van der Waals surface area contributed by atoms with Gasteiger partial charge in [0.25, 0.3) is 0 Å². The fourth-order valence-corrected chi connectivity index (χ4v) is 2.40. The van der Waals surface area contributed by atoms with Crippen LogP contribution in [0.3, 0.4) is 0 Å². The van der Waals surface area contributed by atoms with Gasteiger partial charge in [-0.15, -0.1) is 0 Å². The zero-order valence-electron chi connectivity index (χ0n) is 13.7. The van der Waals surface area contributed by atoms with E-state index >= 15 is 0 Å². The second-order valence-corrected chi connectivity index (χ2v) is 6.14. The highest BCUT2D eigenvalue weighted by Crippen LogP contribution is 2.19. The maximum Gasteiger partial charge on any atom is 0.424 e. The molecular weight excluding hydrogens is 284 g/mol. The number of hydrogen-bond acceptors (Lipinski definition) is 5. The average Bonchev–Trinajstić information content (AvgIpc) is 2.72. The van der Waals surface area contributed by atoms with E-state index in [-0.39, 0.29) is 11.7 Å². The van der Waals surface area contributed by atoms with Gasteiger partial charge in [0, 0.05) is 18.4 Å². The molecule has 0 aliphatic heterocycles. The van der Waals surface area contributed by atoms with E-state index in [9.17, 15) is 9.59 Å². The molecule has 2 heterocycles. The Hall–Kier alpha value is -2.18. The van der Waals surface area contributed by atoms with Crippen LogP contribution in [-0.2, 0) is 4.74 Å². The van der Waals surface area contributed by atoms with Gasteiger partial charge in [0.2, 0.25) is 0 Å². The molecule has 0 fully saturated rings. The van der Waals surface area contributed by atoms with Crippen LogP contribution in [-0.4, -0.2) is 30.8 Å². The van der Waals surface area contributed by atoms with Crippen molar-refractivity contribution in [1.82, 2.24) is 19.1 Å². The molecule has 0 aromatic carbocycles. The van der Waals surface area contributed by atoms with E-state index in [2.05, 4.69) is 9.97 Å². The first-order valence-electron chi connectivity index (χ1n) is 7.47. The summed E-state index contributed by atoms with van der Waals surface area (Å²) < 4.78 is 7.81. The van der Waals surface area contributed by atoms with Crippen molar-refractivity contribution in [2.75, 3.05) is 0 Å². The molecule has 0 N–H and O–H groups in total. The van der Waals surface area contributed by atoms with Crippen molar-refractivity contribution < 1.29 is 9.53 Å². The number of carbonyl (C=O) groups excluding carboxylic acids is 1. The highest BCUT2D eigenvalue weighted by molar-refractivity contribution is 5.82. The van der Waals surface area contributed by atoms with Gasteiger partial charge >= 0.3 is 11.8 Å². The molecule has 0 saturated heterocycles. The minimum Gasteiger partial charge on any atom is -0.443 e. The first-order valence-corrected chi connectivity index (χ1v) is 7.47. The molecule has 0 bridgehead atoms. The van der Waals surface area contributed by atoms with Crippen LogP contribution >= 0.6 is 0 Å². The van der Waals surface area contributed by atoms with Gasteiger partial charge in [0.15, 0.2) is 11.3 Å². The molecule has 120 valence electrons. The van der Waals surface area contributed by atoms with Gasteiger partial charge in [0.1, 0.15) is 5.60 Å². The van der Waals surface area contributed by atoms with Crippen LogP contribution in [0.5, 0.6) is 0 Å². The molecule has 0 spiro atoms. The van der Waals surface area contributed by atoms with Gasteiger partial charge in [-0.1, -0.05) is 13.8 Å². The van der Waals surface area contributed by atoms with Crippen molar-refractivity contribution >= 4 is 17.4 Å². The van der Waals surface area contributed by atoms with Crippen molar-refractivity contribution in [1.29, 1.82) is 0 Å². The molecule has 0 atom stereocenters. The summed E-state index contributed by atoms with van der Waals surface area (Å²) in [6, 6.07) is -0.0320. The van der Waals surface area contributed by atoms with E-state index in [1.54, 1.807) is 20.8 Å². The van der Waals surface area contributed by atoms with Gasteiger partial charge in [0.05, 0.1) is 0 Å². The zero-order valence-corrected chi connectivity index (χ0v) is 13.7. The van der Waals surface area contributed by atoms with Crippen LogP contribution in [0, 0.1) is 0 Å². The molecule has 2 rings (SSSR count). The van der Waals surface area contributed by atoms with Crippen molar-refractivity contribution in [2.45, 2.75) is 59.1 Å². The predicted octanol–water partition coefficient (Wildman–Crippen LogP) is 2.74. The summed E-state index contributed by atoms with van der Waals surface area (Å²) in [6.45, 7) is 9.24. The fraction of sp³-hybridized carbons (Fsp3) is 0.600. The smallest absolute Gasteiger partial charge is 0.424 e. The predicted molar refractivity (Wildman–Crippen MR) is 83.0 cm³/mol. The maximum atomic E-state index is 12.7. The van der Waals surface area contributed by atoms with Crippen molar-refractivity contribution in [3.63, 3.8) is 0 Å². The quantitative estimate of drug-likeness (QED) is 0.871. The lowest BCUT2D eigenvalue weighted by atomic mass is 10.2. The summed E-state index contributed by atoms with van der Waals surface area (Å²) in [6.07, 6.45) is 3.77. The highest BCUT2D eigenvalue weighted by Gasteiger charge is 2.27. The van der Waals surface area contributed by atoms with Crippen LogP contribution in [0.25, 0.3) is 11.3 Å². The van der Waals surface area contributed by atoms with E-state index in [1.807, 2.05) is 13.8 Å². The van der Waals surface area contributed by atoms with Gasteiger partial charge in [-0.25, -0.2) is 19.6 Å². The van der Waals surface area contributed by atoms with Gasteiger partial charge in [-0.05, 0) is 33.6 Å². The molecule has 7 nitrogen and oxygen atoms in total. The summed E-state index contributed by atoms with van der Waals surface area (Å²) in [7, 11) is 0. The molecule has 2 aromatic heterocycles. The van der Waals surface area contributed by atoms with Gasteiger partial charge in [-0.3, -0.25) is 4.57 Å². The molecule has 7 heteroatoms. The normalized spacial score (nSPS) is 12.1. The van der Waals surface area contributed by atoms with Crippen molar-refractivity contribution in [3.8, 4) is 0 Å². The number of ether oxygens (including phenoxy) is 1. The Balaban J connectivity index is 2.68. The topological polar surface area (TPSA) is 79.0 Å². The Labute approximate surface area is 128 Å². The number of carbonyl (C=O) groups is 1. The molecule has 0 amide bonds. The standard InChI is InChI=1S/C15H22N4O3/c1-6-10(7-2)18-11-12(17-9-8-16-11)19(13(18)20)14(21)22-15(3,4)5/h8-10H,6-7H2,1-5H3. The molecule has 2 aromatic rings. The largest absolute Gasteiger partial charge is 0.443 e. The first-order chi connectivity index (χ1) is 10.3. The SMILES string of the molecule is CCC(CC)n1c(=O)n(C(=O)OC(C)(C)C)c2nccnc21. The third-order valence-electron chi connectivity index (χ3n) is 3.38. The van der Waals surface area contributed by atoms with E-state index < -0.39 is 17.4 Å². The van der Waals surface area contributed by atoms with Crippen LogP contribution in [0.15, 0.2) is 17.2 Å². The lowest BCUT2D eigenvalue weighted by molar-refractivity contribution is 0.0535. The summed E-state index contributed by atoms with van der Waals surface area (Å²) in [5.74, 6) is 0. The second kappa shape index (κ2) is 5.90. The van der Waals surface area contributed by atoms with Gasteiger partial charge in [-0.2, -0.15) is 4.57 Å². The maximum absolute atomic E-state index is 12.7. The molecule has 0 saturated carbocycles. The lowest BCUT2D eigenvalue weighted by Gasteiger charge is -2.19. The minimum absolute atomic E-state index is 0.0320. The summed E-state index contributed by atoms with van der Waals surface area (Å²) in [4.78, 5) is 33.5. The molecule has 0 unspecified atom stereocenters. The van der Waals surface area contributed by atoms with Crippen molar-refractivity contribution in [3.05, 3.63) is 22.9 Å². The van der Waals surface area contributed by atoms with E-state index in [0.29, 0.717) is 5.65 Å². The first kappa shape index (κ1) is 16.2. The molecule has 0 aliphatic rings. The van der Waals surface area contributed by atoms with Gasteiger partial charge < -0.3 is 4.74 Å². The summed E-state index contributed by atoms with van der Waals surface area (Å²) in [5.41, 5.74) is -0.507. The molecule has 0 radical (unpaired) electrons. The number of hydrogen-bond donors (Lipinski definition) is 0. The van der Waals surface area contributed by atoms with E-state index in [4.69, 9.17) is 4.74 Å². The molecule has 0 aliphatic carbocycles. The Morgan fingerprint density at radius 3 is 2.23 bits per heavy atom. The van der Waals surface area contributed by atoms with Crippen LogP contribution in [0.1, 0.15) is 53.5 Å². The highest BCUT2D eigenvalue weighted by atomic mass is 16.6. The fourth-order valence-electron chi connectivity index (χ4n) is 2.40. The molecular formula is C15H22N4O3. The number of fused-ring (bicyclic) bond motifs is 1. The summed E-state index contributed by atoms with van der Waals surface area (Å²) >= 11 is 0. The number of rotatable bonds is 3. The molecule has 22 heavy (non-hydrogen) atoms. The lowest BCUT2D eigenvalue weighted by Crippen LogP contribution is -2.35. The second-order valence-electron chi connectivity index (χ2n) is 6.14. The number of aromatic nitrogens is 4. The van der Waals surface area contributed by atoms with E-state index in [1.165, 1.54) is 17.0 Å². The minimum atomic E-state index is -0.729. The third-order valence-corrected chi connectivity index (χ3v) is 3.38. The zero-order chi connectivity index (χ0) is 16.5. The Morgan fingerprint density at radius 1 is 1.18 bits per heavy atom. The van der Waals surface area contributed by atoms with Crippen LogP contribution in [0.4, 0.5) is 4.79 Å². The monoisotopic (exact) mass is 306 g/mol. The Bertz CT molecular complexity index is 735. The average molecular weight is 306 g/mol. The van der Waals surface area contributed by atoms with Crippen LogP contribution < -0.4 is 5.69 Å². The number of imidazole rings is 1. The van der Waals surface area contributed by atoms with Crippen molar-refractivity contribution in [2.24, 2.45) is 0 Å². The van der Waals surface area contributed by atoms with E-state index in [0.717, 1.165) is 17.4 Å². The Kier molecular flexibility index (Phi) is 4.35. The van der Waals surface area contributed by atoms with Crippen LogP contribution in [0.2, 0.25) is 0 Å². The third kappa shape index (κ3) is 2.88. The Morgan fingerprint density at radius 2 is 1.73 bits per heavy atom. The number of nitrogens with zero attached hydrogens (tertiary/aromatic N) is 4. The summed E-state index contributed by atoms with van der Waals surface area (Å²) in [5, 5.41) is 0.